The Morgan fingerprint density at radius 1 is 1.06 bits per heavy atom. The molecule has 35 heavy (non-hydrogen) atoms. The van der Waals surface area contributed by atoms with Crippen molar-refractivity contribution in [1.82, 2.24) is 4.98 Å². The summed E-state index contributed by atoms with van der Waals surface area (Å²) in [6, 6.07) is 11.6. The third kappa shape index (κ3) is 7.06. The van der Waals surface area contributed by atoms with Crippen molar-refractivity contribution >= 4 is 17.2 Å². The minimum atomic E-state index is -0.184. The van der Waals surface area contributed by atoms with Gasteiger partial charge in [0, 0.05) is 63.0 Å². The summed E-state index contributed by atoms with van der Waals surface area (Å²) in [5.41, 5.74) is 2.19. The van der Waals surface area contributed by atoms with E-state index in [1.54, 1.807) is 12.1 Å². The Morgan fingerprint density at radius 2 is 1.86 bits per heavy atom. The Bertz CT molecular complexity index is 904. The first kappa shape index (κ1) is 25.7. The Morgan fingerprint density at radius 3 is 2.60 bits per heavy atom. The molecule has 0 aliphatic carbocycles. The second kappa shape index (κ2) is 13.0. The van der Waals surface area contributed by atoms with Gasteiger partial charge in [0.05, 0.1) is 32.5 Å². The minimum Gasteiger partial charge on any atom is -0.394 e. The Kier molecular flexibility index (Phi) is 9.57. The average molecular weight is 487 g/mol. The standard InChI is InChI=1S/C27H39FN4O3/c1-2-10-32(25-5-3-4-23(28)17-25)26-19-31(20-26)27-18-24(6-9-29-27)30-11-7-22(8-12-30)21-35-16-15-34-14-13-33/h3-6,9,17-18,22,26,33H,2,7-8,10-16,19-21H2,1H3. The molecule has 2 aromatic rings. The van der Waals surface area contributed by atoms with Crippen LogP contribution in [0.1, 0.15) is 26.2 Å². The van der Waals surface area contributed by atoms with E-state index in [0.717, 1.165) is 70.1 Å². The lowest BCUT2D eigenvalue weighted by Gasteiger charge is -2.47. The number of hydrogen-bond acceptors (Lipinski definition) is 7. The Hall–Kier alpha value is -2.42. The molecule has 3 heterocycles. The van der Waals surface area contributed by atoms with Crippen molar-refractivity contribution in [2.24, 2.45) is 5.92 Å². The van der Waals surface area contributed by atoms with E-state index in [-0.39, 0.29) is 12.4 Å². The van der Waals surface area contributed by atoms with Crippen LogP contribution in [0, 0.1) is 11.7 Å². The number of aliphatic hydroxyl groups excluding tert-OH is 1. The number of nitrogens with zero attached hydrogens (tertiary/aromatic N) is 4. The molecule has 192 valence electrons. The summed E-state index contributed by atoms with van der Waals surface area (Å²) in [6.45, 7) is 9.23. The van der Waals surface area contributed by atoms with Gasteiger partial charge in [0.2, 0.25) is 0 Å². The van der Waals surface area contributed by atoms with E-state index in [1.165, 1.54) is 11.8 Å². The summed E-state index contributed by atoms with van der Waals surface area (Å²) >= 11 is 0. The molecule has 2 fully saturated rings. The van der Waals surface area contributed by atoms with Crippen LogP contribution in [0.5, 0.6) is 0 Å². The second-order valence-electron chi connectivity index (χ2n) is 9.45. The van der Waals surface area contributed by atoms with Gasteiger partial charge in [-0.05, 0) is 49.4 Å². The maximum atomic E-state index is 13.8. The minimum absolute atomic E-state index is 0.0553. The van der Waals surface area contributed by atoms with Gasteiger partial charge in [-0.3, -0.25) is 0 Å². The molecule has 1 aromatic carbocycles. The number of ether oxygens (including phenoxy) is 2. The van der Waals surface area contributed by atoms with E-state index in [1.807, 2.05) is 12.3 Å². The van der Waals surface area contributed by atoms with Crippen molar-refractivity contribution in [1.29, 1.82) is 0 Å². The number of anilines is 3. The van der Waals surface area contributed by atoms with Crippen molar-refractivity contribution in [2.45, 2.75) is 32.2 Å². The zero-order chi connectivity index (χ0) is 24.5. The quantitative estimate of drug-likeness (QED) is 0.435. The number of benzene rings is 1. The fraction of sp³-hybridized carbons (Fsp3) is 0.593. The first-order valence-electron chi connectivity index (χ1n) is 12.9. The van der Waals surface area contributed by atoms with Gasteiger partial charge in [-0.15, -0.1) is 0 Å². The van der Waals surface area contributed by atoms with Gasteiger partial charge in [0.1, 0.15) is 11.6 Å². The second-order valence-corrected chi connectivity index (χ2v) is 9.45. The number of aliphatic hydroxyl groups is 1. The predicted octanol–water partition coefficient (Wildman–Crippen LogP) is 3.57. The smallest absolute Gasteiger partial charge is 0.130 e. The van der Waals surface area contributed by atoms with Gasteiger partial charge < -0.3 is 29.3 Å². The molecule has 0 unspecified atom stereocenters. The largest absolute Gasteiger partial charge is 0.394 e. The fourth-order valence-electron chi connectivity index (χ4n) is 4.93. The average Bonchev–Trinajstić information content (AvgIpc) is 2.85. The molecule has 2 aliphatic rings. The molecule has 0 spiro atoms. The zero-order valence-electron chi connectivity index (χ0n) is 20.8. The highest BCUT2D eigenvalue weighted by Gasteiger charge is 2.33. The highest BCUT2D eigenvalue weighted by Crippen LogP contribution is 2.30. The number of pyridine rings is 1. The van der Waals surface area contributed by atoms with Gasteiger partial charge in [0.15, 0.2) is 0 Å². The third-order valence-corrected chi connectivity index (χ3v) is 6.90. The van der Waals surface area contributed by atoms with Crippen molar-refractivity contribution in [3.05, 3.63) is 48.4 Å². The SMILES string of the molecule is CCCN(c1cccc(F)c1)C1CN(c2cc(N3CCC(COCCOCCO)CC3)ccn2)C1. The molecular weight excluding hydrogens is 447 g/mol. The lowest BCUT2D eigenvalue weighted by molar-refractivity contribution is 0.0193. The number of hydrogen-bond donors (Lipinski definition) is 1. The molecule has 7 nitrogen and oxygen atoms in total. The monoisotopic (exact) mass is 486 g/mol. The van der Waals surface area contributed by atoms with E-state index in [2.05, 4.69) is 38.7 Å². The van der Waals surface area contributed by atoms with Crippen molar-refractivity contribution in [2.75, 3.05) is 80.5 Å². The number of halogens is 1. The van der Waals surface area contributed by atoms with E-state index in [4.69, 9.17) is 14.6 Å². The van der Waals surface area contributed by atoms with Gasteiger partial charge in [-0.1, -0.05) is 13.0 Å². The molecule has 1 aromatic heterocycles. The van der Waals surface area contributed by atoms with Crippen molar-refractivity contribution in [3.8, 4) is 0 Å². The van der Waals surface area contributed by atoms with E-state index in [9.17, 15) is 4.39 Å². The molecule has 0 bridgehead atoms. The molecule has 2 saturated heterocycles. The third-order valence-electron chi connectivity index (χ3n) is 6.90. The van der Waals surface area contributed by atoms with E-state index < -0.39 is 0 Å². The Labute approximate surface area is 208 Å². The topological polar surface area (TPSA) is 61.3 Å². The highest BCUT2D eigenvalue weighted by molar-refractivity contribution is 5.58. The van der Waals surface area contributed by atoms with Gasteiger partial charge in [-0.2, -0.15) is 0 Å². The molecule has 0 amide bonds. The molecule has 0 atom stereocenters. The number of aromatic nitrogens is 1. The summed E-state index contributed by atoms with van der Waals surface area (Å²) in [6.07, 6.45) is 5.16. The first-order chi connectivity index (χ1) is 17.2. The van der Waals surface area contributed by atoms with Gasteiger partial charge in [0.25, 0.3) is 0 Å². The van der Waals surface area contributed by atoms with Crippen LogP contribution in [-0.2, 0) is 9.47 Å². The number of piperidine rings is 1. The molecule has 1 N–H and O–H groups in total. The summed E-state index contributed by atoms with van der Waals surface area (Å²) in [5, 5.41) is 8.72. The van der Waals surface area contributed by atoms with Crippen LogP contribution in [0.15, 0.2) is 42.6 Å². The molecular formula is C27H39FN4O3. The Balaban J connectivity index is 1.25. The zero-order valence-corrected chi connectivity index (χ0v) is 20.8. The van der Waals surface area contributed by atoms with Crippen LogP contribution in [0.2, 0.25) is 0 Å². The maximum Gasteiger partial charge on any atom is 0.130 e. The maximum absolute atomic E-state index is 13.8. The highest BCUT2D eigenvalue weighted by atomic mass is 19.1. The summed E-state index contributed by atoms with van der Waals surface area (Å²) in [4.78, 5) is 11.7. The lowest BCUT2D eigenvalue weighted by Crippen LogP contribution is -2.60. The van der Waals surface area contributed by atoms with Crippen LogP contribution >= 0.6 is 0 Å². The lowest BCUT2D eigenvalue weighted by atomic mass is 9.97. The summed E-state index contributed by atoms with van der Waals surface area (Å²) in [5.74, 6) is 1.41. The normalized spacial score (nSPS) is 17.0. The van der Waals surface area contributed by atoms with Gasteiger partial charge in [-0.25, -0.2) is 9.37 Å². The van der Waals surface area contributed by atoms with Crippen molar-refractivity contribution < 1.29 is 19.0 Å². The first-order valence-corrected chi connectivity index (χ1v) is 12.9. The van der Waals surface area contributed by atoms with Crippen LogP contribution in [0.4, 0.5) is 21.6 Å². The molecule has 0 radical (unpaired) electrons. The van der Waals surface area contributed by atoms with Gasteiger partial charge >= 0.3 is 0 Å². The molecule has 8 heteroatoms. The summed E-state index contributed by atoms with van der Waals surface area (Å²) in [7, 11) is 0. The molecule has 2 aliphatic heterocycles. The summed E-state index contributed by atoms with van der Waals surface area (Å²) < 4.78 is 24.8. The van der Waals surface area contributed by atoms with E-state index in [0.29, 0.717) is 31.8 Å². The molecule has 4 rings (SSSR count). The van der Waals surface area contributed by atoms with Crippen LogP contribution < -0.4 is 14.7 Å². The van der Waals surface area contributed by atoms with Crippen molar-refractivity contribution in [3.63, 3.8) is 0 Å². The number of rotatable bonds is 13. The van der Waals surface area contributed by atoms with Crippen LogP contribution in [0.25, 0.3) is 0 Å². The van der Waals surface area contributed by atoms with Crippen LogP contribution in [0.3, 0.4) is 0 Å². The van der Waals surface area contributed by atoms with Crippen LogP contribution in [-0.4, -0.2) is 81.9 Å². The molecule has 0 saturated carbocycles. The van der Waals surface area contributed by atoms with E-state index >= 15 is 0 Å². The fourth-order valence-corrected chi connectivity index (χ4v) is 4.93. The predicted molar refractivity (Wildman–Crippen MR) is 138 cm³/mol.